The number of hydrogen-bond donors (Lipinski definition) is 2. The van der Waals surface area contributed by atoms with Gasteiger partial charge in [0.15, 0.2) is 17.6 Å². The maximum absolute atomic E-state index is 14.9. The van der Waals surface area contributed by atoms with Crippen molar-refractivity contribution in [2.75, 3.05) is 29.4 Å². The summed E-state index contributed by atoms with van der Waals surface area (Å²) in [5, 5.41) is 12.3. The van der Waals surface area contributed by atoms with Crippen molar-refractivity contribution < 1.29 is 33.1 Å². The van der Waals surface area contributed by atoms with E-state index in [9.17, 15) is 33.1 Å². The minimum Gasteiger partial charge on any atom is -0.481 e. The molecule has 2 aromatic rings. The Kier molecular flexibility index (Phi) is 6.13. The summed E-state index contributed by atoms with van der Waals surface area (Å²) in [7, 11) is 0. The van der Waals surface area contributed by atoms with Crippen LogP contribution in [0.25, 0.3) is 0 Å². The fraction of sp³-hybridized carbons (Fsp3) is 0.273. The van der Waals surface area contributed by atoms with E-state index in [1.54, 1.807) is 25.1 Å². The van der Waals surface area contributed by atoms with Crippen LogP contribution in [0.2, 0.25) is 5.02 Å². The molecule has 0 spiro atoms. The van der Waals surface area contributed by atoms with Crippen molar-refractivity contribution in [1.82, 2.24) is 10.2 Å². The Morgan fingerprint density at radius 1 is 1.18 bits per heavy atom. The number of nitrogens with one attached hydrogen (secondary N) is 1. The van der Waals surface area contributed by atoms with E-state index in [1.165, 1.54) is 0 Å². The van der Waals surface area contributed by atoms with Gasteiger partial charge < -0.3 is 10.4 Å². The molecule has 4 rings (SSSR count). The van der Waals surface area contributed by atoms with Gasteiger partial charge in [0.2, 0.25) is 5.91 Å². The molecule has 2 aliphatic rings. The molecule has 1 unspecified atom stereocenters. The first kappa shape index (κ1) is 23.4. The fourth-order valence-corrected chi connectivity index (χ4v) is 4.15. The molecule has 0 saturated carbocycles. The molecule has 2 heterocycles. The second kappa shape index (κ2) is 8.90. The largest absolute Gasteiger partial charge is 0.481 e. The van der Waals surface area contributed by atoms with Crippen LogP contribution in [0.5, 0.6) is 0 Å². The van der Waals surface area contributed by atoms with E-state index < -0.39 is 53.7 Å². The molecule has 9 nitrogen and oxygen atoms in total. The summed E-state index contributed by atoms with van der Waals surface area (Å²) in [4.78, 5) is 52.0. The van der Waals surface area contributed by atoms with E-state index in [0.717, 1.165) is 21.9 Å². The van der Waals surface area contributed by atoms with E-state index in [0.29, 0.717) is 21.0 Å². The van der Waals surface area contributed by atoms with Gasteiger partial charge in [0.1, 0.15) is 5.69 Å². The number of urea groups is 2. The first-order valence-electron chi connectivity index (χ1n) is 10.2. The lowest BCUT2D eigenvalue weighted by atomic mass is 10.0. The number of nitrogens with zero attached hydrogens (tertiary/aromatic N) is 3. The molecule has 2 aliphatic heterocycles. The Hall–Kier alpha value is -3.73. The van der Waals surface area contributed by atoms with Crippen molar-refractivity contribution in [3.63, 3.8) is 0 Å². The minimum absolute atomic E-state index is 0.0509. The summed E-state index contributed by atoms with van der Waals surface area (Å²) in [6, 6.07) is 5.01. The van der Waals surface area contributed by atoms with E-state index in [-0.39, 0.29) is 25.3 Å². The number of imide groups is 1. The topological polar surface area (TPSA) is 110 Å². The number of benzene rings is 2. The molecule has 0 radical (unpaired) electrons. The lowest BCUT2D eigenvalue weighted by molar-refractivity contribution is -0.150. The maximum atomic E-state index is 14.9. The summed E-state index contributed by atoms with van der Waals surface area (Å²) < 4.78 is 29.8. The molecule has 34 heavy (non-hydrogen) atoms. The van der Waals surface area contributed by atoms with E-state index >= 15 is 0 Å². The number of rotatable bonds is 5. The molecule has 2 aromatic carbocycles. The molecule has 0 bridgehead atoms. The van der Waals surface area contributed by atoms with E-state index in [2.05, 4.69) is 5.32 Å². The third-order valence-electron chi connectivity index (χ3n) is 5.73. The number of carbonyl (C=O) groups is 4. The first-order valence-corrected chi connectivity index (χ1v) is 10.6. The van der Waals surface area contributed by atoms with Crippen LogP contribution in [0.15, 0.2) is 30.3 Å². The second-order valence-corrected chi connectivity index (χ2v) is 8.28. The standard InChI is InChI=1S/C22H19ClF2N4O5/c1-11-3-2-4-12(17(11)23)9-29-19(30)14(20(31)32)10-28(22(29)34)13-7-15(24)18(16(25)8-13)27-6-5-26-21(27)33/h2-4,7-8,14H,5-6,9-10H2,1H3,(H,26,33)(H,31,32). The van der Waals surface area contributed by atoms with Crippen LogP contribution in [0.4, 0.5) is 29.7 Å². The third kappa shape index (κ3) is 4.03. The molecule has 178 valence electrons. The highest BCUT2D eigenvalue weighted by atomic mass is 35.5. The quantitative estimate of drug-likeness (QED) is 0.623. The van der Waals surface area contributed by atoms with Gasteiger partial charge in [-0.3, -0.25) is 24.3 Å². The van der Waals surface area contributed by atoms with Crippen LogP contribution in [-0.2, 0) is 16.1 Å². The van der Waals surface area contributed by atoms with Crippen molar-refractivity contribution in [3.8, 4) is 0 Å². The summed E-state index contributed by atoms with van der Waals surface area (Å²) in [6.07, 6.45) is 0. The van der Waals surface area contributed by atoms with Crippen molar-refractivity contribution in [3.05, 3.63) is 58.1 Å². The van der Waals surface area contributed by atoms with Crippen LogP contribution in [0, 0.1) is 24.5 Å². The average molecular weight is 493 g/mol. The minimum atomic E-state index is -1.66. The van der Waals surface area contributed by atoms with Crippen LogP contribution in [0.3, 0.4) is 0 Å². The number of hydrogen-bond acceptors (Lipinski definition) is 4. The van der Waals surface area contributed by atoms with Crippen molar-refractivity contribution in [1.29, 1.82) is 0 Å². The highest BCUT2D eigenvalue weighted by molar-refractivity contribution is 6.32. The van der Waals surface area contributed by atoms with Crippen LogP contribution in [-0.4, -0.2) is 53.6 Å². The van der Waals surface area contributed by atoms with Crippen molar-refractivity contribution >= 4 is 46.9 Å². The Morgan fingerprint density at radius 3 is 2.44 bits per heavy atom. The molecule has 0 aliphatic carbocycles. The Bertz CT molecular complexity index is 1200. The van der Waals surface area contributed by atoms with Crippen LogP contribution < -0.4 is 15.1 Å². The molecule has 2 fully saturated rings. The summed E-state index contributed by atoms with van der Waals surface area (Å²) in [5.41, 5.74) is 0.218. The predicted molar refractivity (Wildman–Crippen MR) is 118 cm³/mol. The number of amides is 5. The molecule has 2 saturated heterocycles. The van der Waals surface area contributed by atoms with E-state index in [1.807, 2.05) is 0 Å². The average Bonchev–Trinajstić information content (AvgIpc) is 3.18. The van der Waals surface area contributed by atoms with Gasteiger partial charge in [-0.1, -0.05) is 29.8 Å². The van der Waals surface area contributed by atoms with Gasteiger partial charge in [-0.25, -0.2) is 18.4 Å². The predicted octanol–water partition coefficient (Wildman–Crippen LogP) is 3.13. The highest BCUT2D eigenvalue weighted by Crippen LogP contribution is 2.33. The Labute approximate surface area is 197 Å². The molecular formula is C22H19ClF2N4O5. The lowest BCUT2D eigenvalue weighted by Crippen LogP contribution is -2.58. The molecule has 2 N–H and O–H groups in total. The third-order valence-corrected chi connectivity index (χ3v) is 6.27. The number of carboxylic acids is 1. The smallest absolute Gasteiger partial charge is 0.331 e. The van der Waals surface area contributed by atoms with Gasteiger partial charge >= 0.3 is 18.0 Å². The number of carboxylic acid groups (broad SMARTS) is 1. The van der Waals surface area contributed by atoms with Gasteiger partial charge in [-0.2, -0.15) is 0 Å². The fourth-order valence-electron chi connectivity index (χ4n) is 3.96. The van der Waals surface area contributed by atoms with Gasteiger partial charge in [-0.15, -0.1) is 0 Å². The number of aliphatic carboxylic acids is 1. The molecule has 12 heteroatoms. The van der Waals surface area contributed by atoms with Gasteiger partial charge in [-0.05, 0) is 18.1 Å². The number of aryl methyl sites for hydroxylation is 1. The number of anilines is 2. The SMILES string of the molecule is Cc1cccc(CN2C(=O)C(C(=O)O)CN(c3cc(F)c(N4CCNC4=O)c(F)c3)C2=O)c1Cl. The monoisotopic (exact) mass is 492 g/mol. The van der Waals surface area contributed by atoms with Gasteiger partial charge in [0, 0.05) is 30.2 Å². The zero-order chi connectivity index (χ0) is 24.7. The second-order valence-electron chi connectivity index (χ2n) is 7.90. The Morgan fingerprint density at radius 2 is 1.85 bits per heavy atom. The normalized spacial score (nSPS) is 18.5. The van der Waals surface area contributed by atoms with Crippen molar-refractivity contribution in [2.45, 2.75) is 13.5 Å². The number of halogens is 3. The number of carbonyl (C=O) groups excluding carboxylic acids is 3. The first-order chi connectivity index (χ1) is 16.1. The zero-order valence-electron chi connectivity index (χ0n) is 17.8. The van der Waals surface area contributed by atoms with Crippen LogP contribution >= 0.6 is 11.6 Å². The van der Waals surface area contributed by atoms with Gasteiger partial charge in [0.05, 0.1) is 18.8 Å². The summed E-state index contributed by atoms with van der Waals surface area (Å²) in [5.74, 6) is -6.34. The zero-order valence-corrected chi connectivity index (χ0v) is 18.6. The van der Waals surface area contributed by atoms with Crippen molar-refractivity contribution in [2.24, 2.45) is 5.92 Å². The Balaban J connectivity index is 1.72. The molecule has 0 aromatic heterocycles. The summed E-state index contributed by atoms with van der Waals surface area (Å²) >= 11 is 6.28. The maximum Gasteiger partial charge on any atom is 0.331 e. The molecular weight excluding hydrogens is 474 g/mol. The lowest BCUT2D eigenvalue weighted by Gasteiger charge is -2.37. The van der Waals surface area contributed by atoms with Crippen LogP contribution in [0.1, 0.15) is 11.1 Å². The van der Waals surface area contributed by atoms with Gasteiger partial charge in [0.25, 0.3) is 0 Å². The van der Waals surface area contributed by atoms with E-state index in [4.69, 9.17) is 11.6 Å². The highest BCUT2D eigenvalue weighted by Gasteiger charge is 2.44. The summed E-state index contributed by atoms with van der Waals surface area (Å²) in [6.45, 7) is 1.05. The molecule has 1 atom stereocenters. The molecule has 5 amide bonds.